The molecule has 3 aromatic rings. The monoisotopic (exact) mass is 376 g/mol. The second kappa shape index (κ2) is 8.54. The maximum absolute atomic E-state index is 12.5. The van der Waals surface area contributed by atoms with Crippen molar-refractivity contribution in [2.75, 3.05) is 5.32 Å². The number of hydrogen-bond donors (Lipinski definition) is 2. The van der Waals surface area contributed by atoms with Gasteiger partial charge in [0.2, 0.25) is 0 Å². The maximum Gasteiger partial charge on any atom is 0.269 e. The Morgan fingerprint density at radius 1 is 0.964 bits per heavy atom. The fraction of sp³-hybridized carbons (Fsp3) is 0.0500. The minimum atomic E-state index is -0.538. The molecule has 28 heavy (non-hydrogen) atoms. The van der Waals surface area contributed by atoms with Crippen LogP contribution in [0.4, 0.5) is 11.4 Å². The van der Waals surface area contributed by atoms with E-state index >= 15 is 0 Å². The van der Waals surface area contributed by atoms with Crippen LogP contribution in [0.3, 0.4) is 0 Å². The number of carbonyl (C=O) groups excluding carboxylic acids is 2. The second-order valence-corrected chi connectivity index (χ2v) is 5.85. The molecule has 0 fully saturated rings. The summed E-state index contributed by atoms with van der Waals surface area (Å²) in [6, 6.07) is 15.4. The molecular formula is C20H16N4O4. The summed E-state index contributed by atoms with van der Waals surface area (Å²) < 4.78 is 0. The highest BCUT2D eigenvalue weighted by atomic mass is 16.6. The molecule has 0 aliphatic heterocycles. The third-order valence-electron chi connectivity index (χ3n) is 3.94. The van der Waals surface area contributed by atoms with E-state index in [1.54, 1.807) is 42.7 Å². The van der Waals surface area contributed by atoms with Gasteiger partial charge in [-0.3, -0.25) is 24.7 Å². The summed E-state index contributed by atoms with van der Waals surface area (Å²) in [5.74, 6) is -0.814. The zero-order valence-electron chi connectivity index (χ0n) is 14.7. The molecule has 0 saturated heterocycles. The van der Waals surface area contributed by atoms with Crippen LogP contribution in [0.5, 0.6) is 0 Å². The van der Waals surface area contributed by atoms with Crippen LogP contribution in [0, 0.1) is 10.1 Å². The first-order valence-electron chi connectivity index (χ1n) is 8.36. The zero-order valence-corrected chi connectivity index (χ0v) is 14.7. The third-order valence-corrected chi connectivity index (χ3v) is 3.94. The van der Waals surface area contributed by atoms with E-state index in [4.69, 9.17) is 0 Å². The van der Waals surface area contributed by atoms with Gasteiger partial charge < -0.3 is 10.6 Å². The molecule has 0 aliphatic rings. The molecular weight excluding hydrogens is 360 g/mol. The highest BCUT2D eigenvalue weighted by molar-refractivity contribution is 6.09. The Balaban J connectivity index is 1.71. The van der Waals surface area contributed by atoms with Crippen molar-refractivity contribution >= 4 is 23.2 Å². The molecule has 0 unspecified atom stereocenters. The number of nitro groups is 1. The quantitative estimate of drug-likeness (QED) is 0.507. The standard InChI is InChI=1S/C20H16N4O4/c25-19(15-7-9-16(10-8-15)24(27)28)23-18-6-2-1-5-17(18)20(26)22-13-14-4-3-11-21-12-14/h1-12H,13H2,(H,22,26)(H,23,25). The van der Waals surface area contributed by atoms with E-state index in [-0.39, 0.29) is 17.2 Å². The predicted molar refractivity (Wildman–Crippen MR) is 103 cm³/mol. The summed E-state index contributed by atoms with van der Waals surface area (Å²) in [4.78, 5) is 39.1. The molecule has 0 bridgehead atoms. The molecule has 3 rings (SSSR count). The van der Waals surface area contributed by atoms with Crippen molar-refractivity contribution < 1.29 is 14.5 Å². The van der Waals surface area contributed by atoms with E-state index < -0.39 is 10.8 Å². The van der Waals surface area contributed by atoms with Gasteiger partial charge in [0.15, 0.2) is 0 Å². The van der Waals surface area contributed by atoms with Gasteiger partial charge in [-0.15, -0.1) is 0 Å². The molecule has 0 saturated carbocycles. The highest BCUT2D eigenvalue weighted by Gasteiger charge is 2.15. The first-order chi connectivity index (χ1) is 13.5. The van der Waals surface area contributed by atoms with Gasteiger partial charge in [0.05, 0.1) is 16.2 Å². The molecule has 8 heteroatoms. The van der Waals surface area contributed by atoms with Crippen LogP contribution < -0.4 is 10.6 Å². The first kappa shape index (κ1) is 18.7. The third kappa shape index (κ3) is 4.55. The molecule has 0 atom stereocenters. The van der Waals surface area contributed by atoms with Gasteiger partial charge in [-0.25, -0.2) is 0 Å². The lowest BCUT2D eigenvalue weighted by Gasteiger charge is -2.11. The Labute approximate surface area is 160 Å². The largest absolute Gasteiger partial charge is 0.348 e. The van der Waals surface area contributed by atoms with E-state index in [1.165, 1.54) is 24.3 Å². The summed E-state index contributed by atoms with van der Waals surface area (Å²) in [6.07, 6.45) is 3.30. The lowest BCUT2D eigenvalue weighted by molar-refractivity contribution is -0.384. The molecule has 2 aromatic carbocycles. The number of pyridine rings is 1. The van der Waals surface area contributed by atoms with Gasteiger partial charge in [-0.05, 0) is 35.9 Å². The molecule has 1 heterocycles. The Bertz CT molecular complexity index is 1000. The van der Waals surface area contributed by atoms with Crippen molar-refractivity contribution in [2.45, 2.75) is 6.54 Å². The molecule has 0 aliphatic carbocycles. The second-order valence-electron chi connectivity index (χ2n) is 5.85. The van der Waals surface area contributed by atoms with Crippen LogP contribution in [0.25, 0.3) is 0 Å². The molecule has 2 amide bonds. The van der Waals surface area contributed by atoms with E-state index in [1.807, 2.05) is 6.07 Å². The van der Waals surface area contributed by atoms with E-state index in [0.717, 1.165) is 5.56 Å². The number of benzene rings is 2. The van der Waals surface area contributed by atoms with Crippen LogP contribution in [0.1, 0.15) is 26.3 Å². The number of aromatic nitrogens is 1. The van der Waals surface area contributed by atoms with Gasteiger partial charge in [-0.2, -0.15) is 0 Å². The number of nitro benzene ring substituents is 1. The average molecular weight is 376 g/mol. The van der Waals surface area contributed by atoms with Crippen molar-refractivity contribution in [3.05, 3.63) is 99.9 Å². The molecule has 1 aromatic heterocycles. The average Bonchev–Trinajstić information content (AvgIpc) is 2.73. The van der Waals surface area contributed by atoms with Crippen molar-refractivity contribution in [1.29, 1.82) is 0 Å². The fourth-order valence-electron chi connectivity index (χ4n) is 2.50. The number of anilines is 1. The first-order valence-corrected chi connectivity index (χ1v) is 8.36. The number of carbonyl (C=O) groups is 2. The van der Waals surface area contributed by atoms with Crippen LogP contribution >= 0.6 is 0 Å². The van der Waals surface area contributed by atoms with Gasteiger partial charge in [-0.1, -0.05) is 18.2 Å². The minimum Gasteiger partial charge on any atom is -0.348 e. The van der Waals surface area contributed by atoms with Crippen LogP contribution in [-0.4, -0.2) is 21.7 Å². The molecule has 0 radical (unpaired) electrons. The zero-order chi connectivity index (χ0) is 19.9. The number of nitrogens with zero attached hydrogens (tertiary/aromatic N) is 2. The van der Waals surface area contributed by atoms with E-state index in [9.17, 15) is 19.7 Å². The fourth-order valence-corrected chi connectivity index (χ4v) is 2.50. The van der Waals surface area contributed by atoms with Gasteiger partial charge in [0.1, 0.15) is 0 Å². The van der Waals surface area contributed by atoms with Crippen molar-refractivity contribution in [3.63, 3.8) is 0 Å². The van der Waals surface area contributed by atoms with E-state index in [2.05, 4.69) is 15.6 Å². The number of para-hydroxylation sites is 1. The minimum absolute atomic E-state index is 0.105. The van der Waals surface area contributed by atoms with Crippen LogP contribution in [0.15, 0.2) is 73.1 Å². The van der Waals surface area contributed by atoms with Crippen molar-refractivity contribution in [1.82, 2.24) is 10.3 Å². The molecule has 2 N–H and O–H groups in total. The summed E-state index contributed by atoms with van der Waals surface area (Å²) in [5, 5.41) is 16.2. The maximum atomic E-state index is 12.5. The Morgan fingerprint density at radius 3 is 2.39 bits per heavy atom. The van der Waals surface area contributed by atoms with Gasteiger partial charge in [0, 0.05) is 36.6 Å². The Morgan fingerprint density at radius 2 is 1.71 bits per heavy atom. The number of amides is 2. The van der Waals surface area contributed by atoms with Crippen LogP contribution in [-0.2, 0) is 6.54 Å². The Kier molecular flexibility index (Phi) is 5.71. The molecule has 8 nitrogen and oxygen atoms in total. The van der Waals surface area contributed by atoms with Crippen molar-refractivity contribution in [3.8, 4) is 0 Å². The smallest absolute Gasteiger partial charge is 0.269 e. The SMILES string of the molecule is O=C(Nc1ccccc1C(=O)NCc1cccnc1)c1ccc([N+](=O)[O-])cc1. The summed E-state index contributed by atoms with van der Waals surface area (Å²) in [6.45, 7) is 0.303. The lowest BCUT2D eigenvalue weighted by atomic mass is 10.1. The topological polar surface area (TPSA) is 114 Å². The summed E-state index contributed by atoms with van der Waals surface area (Å²) in [5.41, 5.74) is 1.64. The molecule has 0 spiro atoms. The Hall–Kier alpha value is -4.07. The summed E-state index contributed by atoms with van der Waals surface area (Å²) >= 11 is 0. The van der Waals surface area contributed by atoms with E-state index in [0.29, 0.717) is 17.8 Å². The van der Waals surface area contributed by atoms with Gasteiger partial charge >= 0.3 is 0 Å². The lowest BCUT2D eigenvalue weighted by Crippen LogP contribution is -2.25. The van der Waals surface area contributed by atoms with Crippen LogP contribution in [0.2, 0.25) is 0 Å². The summed E-state index contributed by atoms with van der Waals surface area (Å²) in [7, 11) is 0. The number of hydrogen-bond acceptors (Lipinski definition) is 5. The van der Waals surface area contributed by atoms with Crippen molar-refractivity contribution in [2.24, 2.45) is 0 Å². The highest BCUT2D eigenvalue weighted by Crippen LogP contribution is 2.18. The number of nitrogens with one attached hydrogen (secondary N) is 2. The van der Waals surface area contributed by atoms with Gasteiger partial charge in [0.25, 0.3) is 17.5 Å². The number of non-ortho nitro benzene ring substituents is 1. The normalized spacial score (nSPS) is 10.1. The molecule has 140 valence electrons. The predicted octanol–water partition coefficient (Wildman–Crippen LogP) is 3.17. The number of rotatable bonds is 6.